The molecule has 0 bridgehead atoms. The van der Waals surface area contributed by atoms with Gasteiger partial charge in [0.25, 0.3) is 22.7 Å². The third-order valence-electron chi connectivity index (χ3n) is 4.31. The molecule has 1 aliphatic rings. The maximum atomic E-state index is 12.6. The van der Waals surface area contributed by atoms with E-state index in [0.29, 0.717) is 11.1 Å². The van der Waals surface area contributed by atoms with Gasteiger partial charge in [0.15, 0.2) is 0 Å². The van der Waals surface area contributed by atoms with E-state index in [1.807, 2.05) is 18.4 Å². The Morgan fingerprint density at radius 3 is 2.61 bits per heavy atom. The zero-order valence-corrected chi connectivity index (χ0v) is 18.6. The Labute approximate surface area is 191 Å². The van der Waals surface area contributed by atoms with Crippen molar-refractivity contribution in [2.45, 2.75) is 4.90 Å². The van der Waals surface area contributed by atoms with Gasteiger partial charge in [-0.15, -0.1) is 11.8 Å². The van der Waals surface area contributed by atoms with E-state index in [-0.39, 0.29) is 34.6 Å². The molecule has 2 aromatic carbocycles. The summed E-state index contributed by atoms with van der Waals surface area (Å²) in [4.78, 5) is 49.6. The lowest BCUT2D eigenvalue weighted by Gasteiger charge is -2.13. The number of imide groups is 1. The number of hydrogen-bond acceptors (Lipinski definition) is 7. The Bertz CT molecular complexity index is 1090. The van der Waals surface area contributed by atoms with Gasteiger partial charge in [-0.3, -0.25) is 29.4 Å². The molecule has 0 unspecified atom stereocenters. The fourth-order valence-corrected chi connectivity index (χ4v) is 4.19. The Morgan fingerprint density at radius 2 is 1.97 bits per heavy atom. The topological polar surface area (TPSA) is 110 Å². The average Bonchev–Trinajstić information content (AvgIpc) is 3.02. The SMILES string of the molecule is CSc1ccc(C(=O)NCCN2C(=O)S/C(=C\c3ccc(Cl)c([N+](=O)[O-])c3)C2=O)cc1. The number of benzene rings is 2. The summed E-state index contributed by atoms with van der Waals surface area (Å²) in [6.45, 7) is 0.109. The minimum atomic E-state index is -0.622. The number of nitrogens with one attached hydrogen (secondary N) is 1. The number of thioether (sulfide) groups is 2. The third kappa shape index (κ3) is 5.46. The molecular weight excluding hydrogens is 462 g/mol. The molecule has 0 saturated carbocycles. The number of nitro benzene ring substituents is 1. The summed E-state index contributed by atoms with van der Waals surface area (Å²) in [6, 6.07) is 11.2. The predicted molar refractivity (Wildman–Crippen MR) is 121 cm³/mol. The van der Waals surface area contributed by atoms with E-state index in [1.54, 1.807) is 23.9 Å². The van der Waals surface area contributed by atoms with Gasteiger partial charge in [0.2, 0.25) is 0 Å². The molecule has 0 spiro atoms. The molecule has 2 aromatic rings. The summed E-state index contributed by atoms with van der Waals surface area (Å²) in [6.07, 6.45) is 3.34. The van der Waals surface area contributed by atoms with Crippen molar-refractivity contribution in [2.75, 3.05) is 19.3 Å². The van der Waals surface area contributed by atoms with Crippen LogP contribution < -0.4 is 5.32 Å². The molecular formula is C20H16ClN3O5S2. The van der Waals surface area contributed by atoms with Gasteiger partial charge < -0.3 is 5.32 Å². The van der Waals surface area contributed by atoms with E-state index in [1.165, 1.54) is 24.3 Å². The van der Waals surface area contributed by atoms with Crippen molar-refractivity contribution in [3.05, 3.63) is 73.6 Å². The molecule has 1 saturated heterocycles. The van der Waals surface area contributed by atoms with Gasteiger partial charge in [0.05, 0.1) is 9.83 Å². The maximum Gasteiger partial charge on any atom is 0.293 e. The molecule has 1 N–H and O–H groups in total. The molecule has 0 aliphatic carbocycles. The van der Waals surface area contributed by atoms with Gasteiger partial charge in [0.1, 0.15) is 5.02 Å². The van der Waals surface area contributed by atoms with Crippen molar-refractivity contribution < 1.29 is 19.3 Å². The van der Waals surface area contributed by atoms with Crippen molar-refractivity contribution in [1.82, 2.24) is 10.2 Å². The first-order valence-corrected chi connectivity index (χ1v) is 11.3. The number of carbonyl (C=O) groups is 3. The Balaban J connectivity index is 1.62. The van der Waals surface area contributed by atoms with Crippen molar-refractivity contribution in [2.24, 2.45) is 0 Å². The molecule has 3 rings (SSSR count). The summed E-state index contributed by atoms with van der Waals surface area (Å²) < 4.78 is 0. The zero-order chi connectivity index (χ0) is 22.5. The lowest BCUT2D eigenvalue weighted by atomic mass is 10.2. The molecule has 11 heteroatoms. The second kappa shape index (κ2) is 9.99. The van der Waals surface area contributed by atoms with Crippen LogP contribution in [0.4, 0.5) is 10.5 Å². The molecule has 1 heterocycles. The maximum absolute atomic E-state index is 12.6. The first kappa shape index (κ1) is 22.9. The fraction of sp³-hybridized carbons (Fsp3) is 0.150. The van der Waals surface area contributed by atoms with Crippen LogP contribution >= 0.6 is 35.1 Å². The summed E-state index contributed by atoms with van der Waals surface area (Å²) >= 11 is 8.09. The third-order valence-corrected chi connectivity index (χ3v) is 6.28. The van der Waals surface area contributed by atoms with Crippen LogP contribution in [-0.4, -0.2) is 46.2 Å². The molecule has 1 fully saturated rings. The second-order valence-electron chi connectivity index (χ2n) is 6.29. The van der Waals surface area contributed by atoms with Gasteiger partial charge in [0, 0.05) is 29.6 Å². The number of rotatable bonds is 7. The molecule has 1 aliphatic heterocycles. The highest BCUT2D eigenvalue weighted by molar-refractivity contribution is 8.18. The van der Waals surface area contributed by atoms with E-state index in [4.69, 9.17) is 11.6 Å². The van der Waals surface area contributed by atoms with Crippen LogP contribution in [0.1, 0.15) is 15.9 Å². The number of nitrogens with zero attached hydrogens (tertiary/aromatic N) is 2. The minimum Gasteiger partial charge on any atom is -0.350 e. The van der Waals surface area contributed by atoms with Crippen LogP contribution in [0.15, 0.2) is 52.3 Å². The van der Waals surface area contributed by atoms with Crippen LogP contribution in [0.25, 0.3) is 6.08 Å². The number of amides is 3. The van der Waals surface area contributed by atoms with E-state index in [9.17, 15) is 24.5 Å². The minimum absolute atomic E-state index is 0.0113. The molecule has 31 heavy (non-hydrogen) atoms. The van der Waals surface area contributed by atoms with Crippen molar-refractivity contribution >= 4 is 63.9 Å². The van der Waals surface area contributed by atoms with Crippen molar-refractivity contribution in [1.29, 1.82) is 0 Å². The van der Waals surface area contributed by atoms with Crippen molar-refractivity contribution in [3.63, 3.8) is 0 Å². The molecule has 0 aromatic heterocycles. The average molecular weight is 478 g/mol. The van der Waals surface area contributed by atoms with Gasteiger partial charge >= 0.3 is 0 Å². The first-order valence-electron chi connectivity index (χ1n) is 8.91. The molecule has 3 amide bonds. The standard InChI is InChI=1S/C20H16ClN3O5S2/c1-30-14-5-3-13(4-6-14)18(25)22-8-9-23-19(26)17(31-20(23)27)11-12-2-7-15(21)16(10-12)24(28)29/h2-7,10-11H,8-9H2,1H3,(H,22,25)/b17-11-. The quantitative estimate of drug-likeness (QED) is 0.272. The van der Waals surface area contributed by atoms with E-state index in [2.05, 4.69) is 5.32 Å². The van der Waals surface area contributed by atoms with Gasteiger partial charge in [-0.2, -0.15) is 0 Å². The fourth-order valence-electron chi connectivity index (χ4n) is 2.73. The first-order chi connectivity index (χ1) is 14.8. The van der Waals surface area contributed by atoms with E-state index >= 15 is 0 Å². The summed E-state index contributed by atoms with van der Waals surface area (Å²) in [5.74, 6) is -0.824. The summed E-state index contributed by atoms with van der Waals surface area (Å²) in [7, 11) is 0. The zero-order valence-electron chi connectivity index (χ0n) is 16.2. The molecule has 0 radical (unpaired) electrons. The largest absolute Gasteiger partial charge is 0.350 e. The number of nitro groups is 1. The Kier molecular flexibility index (Phi) is 7.37. The van der Waals surface area contributed by atoms with E-state index < -0.39 is 16.1 Å². The summed E-state index contributed by atoms with van der Waals surface area (Å²) in [5, 5.41) is 13.2. The molecule has 0 atom stereocenters. The molecule has 8 nitrogen and oxygen atoms in total. The highest BCUT2D eigenvalue weighted by Gasteiger charge is 2.34. The van der Waals surface area contributed by atoms with Gasteiger partial charge in [-0.05, 0) is 60.0 Å². The number of halogens is 1. The lowest BCUT2D eigenvalue weighted by molar-refractivity contribution is -0.384. The van der Waals surface area contributed by atoms with Crippen LogP contribution in [0.3, 0.4) is 0 Å². The normalized spacial score (nSPS) is 14.9. The van der Waals surface area contributed by atoms with Crippen molar-refractivity contribution in [3.8, 4) is 0 Å². The monoisotopic (exact) mass is 477 g/mol. The molecule has 160 valence electrons. The van der Waals surface area contributed by atoms with Gasteiger partial charge in [-0.25, -0.2) is 0 Å². The Hall–Kier alpha value is -2.82. The smallest absolute Gasteiger partial charge is 0.293 e. The second-order valence-corrected chi connectivity index (χ2v) is 8.57. The van der Waals surface area contributed by atoms with E-state index in [0.717, 1.165) is 21.6 Å². The number of carbonyl (C=O) groups excluding carboxylic acids is 3. The highest BCUT2D eigenvalue weighted by Crippen LogP contribution is 2.33. The lowest BCUT2D eigenvalue weighted by Crippen LogP contribution is -2.37. The van der Waals surface area contributed by atoms with Crippen LogP contribution in [0, 0.1) is 10.1 Å². The van der Waals surface area contributed by atoms with Crippen LogP contribution in [0.2, 0.25) is 5.02 Å². The number of hydrogen-bond donors (Lipinski definition) is 1. The van der Waals surface area contributed by atoms with Gasteiger partial charge in [-0.1, -0.05) is 17.7 Å². The van der Waals surface area contributed by atoms with Crippen LogP contribution in [-0.2, 0) is 4.79 Å². The highest BCUT2D eigenvalue weighted by atomic mass is 35.5. The summed E-state index contributed by atoms with van der Waals surface area (Å²) in [5.41, 5.74) is 0.572. The predicted octanol–water partition coefficient (Wildman–Crippen LogP) is 4.44. The van der Waals surface area contributed by atoms with Crippen LogP contribution in [0.5, 0.6) is 0 Å². The Morgan fingerprint density at radius 1 is 1.26 bits per heavy atom.